The Bertz CT molecular complexity index is 526. The molecule has 1 aromatic rings. The minimum atomic E-state index is 0. The number of halogens is 1. The second kappa shape index (κ2) is 12.3. The zero-order chi connectivity index (χ0) is 17.2. The summed E-state index contributed by atoms with van der Waals surface area (Å²) in [6.07, 6.45) is 4.46. The van der Waals surface area contributed by atoms with Gasteiger partial charge in [-0.2, -0.15) is 0 Å². The van der Waals surface area contributed by atoms with E-state index in [-0.39, 0.29) is 30.1 Å². The molecule has 2 N–H and O–H groups in total. The standard InChI is InChI=1S/C18H31N5O.HI/c1-4-6-8-21-18(19-5-2)22-13-16-7-9-20-17(12-16)23-10-11-24-15(3)14-23;/h7,9,12,15H,4-6,8,10-11,13-14H2,1-3H3,(H2,19,21,22);1H. The van der Waals surface area contributed by atoms with Crippen molar-refractivity contribution >= 4 is 35.8 Å². The van der Waals surface area contributed by atoms with E-state index in [2.05, 4.69) is 52.3 Å². The van der Waals surface area contributed by atoms with Gasteiger partial charge in [0, 0.05) is 32.4 Å². The molecule has 25 heavy (non-hydrogen) atoms. The Balaban J connectivity index is 0.00000312. The Morgan fingerprint density at radius 1 is 1.40 bits per heavy atom. The van der Waals surface area contributed by atoms with Gasteiger partial charge in [0.2, 0.25) is 0 Å². The molecular formula is C18H32IN5O. The van der Waals surface area contributed by atoms with E-state index < -0.39 is 0 Å². The highest BCUT2D eigenvalue weighted by Crippen LogP contribution is 2.16. The normalized spacial score (nSPS) is 17.8. The quantitative estimate of drug-likeness (QED) is 0.283. The monoisotopic (exact) mass is 461 g/mol. The largest absolute Gasteiger partial charge is 0.375 e. The number of anilines is 1. The Kier molecular flexibility index (Phi) is 10.8. The fourth-order valence-corrected chi connectivity index (χ4v) is 2.65. The highest BCUT2D eigenvalue weighted by atomic mass is 127. The van der Waals surface area contributed by atoms with Gasteiger partial charge >= 0.3 is 0 Å². The highest BCUT2D eigenvalue weighted by Gasteiger charge is 2.17. The Morgan fingerprint density at radius 2 is 2.24 bits per heavy atom. The van der Waals surface area contributed by atoms with Gasteiger partial charge in [0.05, 0.1) is 19.3 Å². The molecule has 1 unspecified atom stereocenters. The van der Waals surface area contributed by atoms with Crippen LogP contribution in [0, 0.1) is 0 Å². The first-order valence-corrected chi connectivity index (χ1v) is 9.06. The minimum absolute atomic E-state index is 0. The molecule has 1 aliphatic rings. The maximum Gasteiger partial charge on any atom is 0.191 e. The molecule has 1 fully saturated rings. The van der Waals surface area contributed by atoms with Crippen molar-refractivity contribution < 1.29 is 4.74 Å². The van der Waals surface area contributed by atoms with E-state index in [0.717, 1.165) is 51.0 Å². The molecular weight excluding hydrogens is 429 g/mol. The number of nitrogens with zero attached hydrogens (tertiary/aromatic N) is 3. The van der Waals surface area contributed by atoms with Crippen LogP contribution in [0.5, 0.6) is 0 Å². The second-order valence-electron chi connectivity index (χ2n) is 6.13. The van der Waals surface area contributed by atoms with Crippen LogP contribution >= 0.6 is 24.0 Å². The van der Waals surface area contributed by atoms with Gasteiger partial charge in [0.1, 0.15) is 5.82 Å². The summed E-state index contributed by atoms with van der Waals surface area (Å²) in [5.74, 6) is 1.89. The molecule has 1 aromatic heterocycles. The number of aliphatic imine (C=N–C) groups is 1. The smallest absolute Gasteiger partial charge is 0.191 e. The molecule has 0 spiro atoms. The molecule has 7 heteroatoms. The molecule has 2 heterocycles. The first-order valence-electron chi connectivity index (χ1n) is 9.06. The summed E-state index contributed by atoms with van der Waals surface area (Å²) in [7, 11) is 0. The molecule has 1 atom stereocenters. The van der Waals surface area contributed by atoms with Crippen LogP contribution < -0.4 is 15.5 Å². The van der Waals surface area contributed by atoms with E-state index in [9.17, 15) is 0 Å². The topological polar surface area (TPSA) is 61.8 Å². The molecule has 0 aromatic carbocycles. The van der Waals surface area contributed by atoms with Crippen molar-refractivity contribution in [2.45, 2.75) is 46.3 Å². The lowest BCUT2D eigenvalue weighted by molar-refractivity contribution is 0.0529. The van der Waals surface area contributed by atoms with Crippen LogP contribution in [0.2, 0.25) is 0 Å². The molecule has 0 amide bonds. The Labute approximate surface area is 168 Å². The fourth-order valence-electron chi connectivity index (χ4n) is 2.65. The van der Waals surface area contributed by atoms with E-state index in [1.54, 1.807) is 0 Å². The summed E-state index contributed by atoms with van der Waals surface area (Å²) in [6.45, 7) is 11.4. The van der Waals surface area contributed by atoms with Gasteiger partial charge < -0.3 is 20.3 Å². The zero-order valence-electron chi connectivity index (χ0n) is 15.6. The van der Waals surface area contributed by atoms with Gasteiger partial charge in [0.15, 0.2) is 5.96 Å². The van der Waals surface area contributed by atoms with Crippen molar-refractivity contribution in [2.24, 2.45) is 4.99 Å². The van der Waals surface area contributed by atoms with Gasteiger partial charge in [-0.05, 0) is 38.0 Å². The summed E-state index contributed by atoms with van der Waals surface area (Å²) in [4.78, 5) is 11.5. The summed E-state index contributed by atoms with van der Waals surface area (Å²) in [6, 6.07) is 4.17. The van der Waals surface area contributed by atoms with Crippen LogP contribution in [0.4, 0.5) is 5.82 Å². The van der Waals surface area contributed by atoms with Crippen molar-refractivity contribution in [3.05, 3.63) is 23.9 Å². The third-order valence-electron chi connectivity index (χ3n) is 3.96. The molecule has 6 nitrogen and oxygen atoms in total. The second-order valence-corrected chi connectivity index (χ2v) is 6.13. The number of hydrogen-bond donors (Lipinski definition) is 2. The highest BCUT2D eigenvalue weighted by molar-refractivity contribution is 14.0. The number of nitrogens with one attached hydrogen (secondary N) is 2. The summed E-state index contributed by atoms with van der Waals surface area (Å²) < 4.78 is 5.60. The third-order valence-corrected chi connectivity index (χ3v) is 3.96. The van der Waals surface area contributed by atoms with Crippen molar-refractivity contribution in [1.29, 1.82) is 0 Å². The first kappa shape index (κ1) is 22.0. The van der Waals surface area contributed by atoms with Gasteiger partial charge in [-0.1, -0.05) is 13.3 Å². The van der Waals surface area contributed by atoms with Gasteiger partial charge in [-0.25, -0.2) is 9.98 Å². The van der Waals surface area contributed by atoms with Gasteiger partial charge in [-0.3, -0.25) is 0 Å². The summed E-state index contributed by atoms with van der Waals surface area (Å²) in [5, 5.41) is 6.66. The molecule has 0 radical (unpaired) electrons. The van der Waals surface area contributed by atoms with Crippen LogP contribution in [-0.4, -0.2) is 49.8 Å². The number of ether oxygens (including phenoxy) is 1. The lowest BCUT2D eigenvalue weighted by Crippen LogP contribution is -2.41. The van der Waals surface area contributed by atoms with Crippen molar-refractivity contribution in [3.63, 3.8) is 0 Å². The molecule has 1 aliphatic heterocycles. The van der Waals surface area contributed by atoms with Crippen molar-refractivity contribution in [3.8, 4) is 0 Å². The van der Waals surface area contributed by atoms with Crippen LogP contribution in [0.15, 0.2) is 23.3 Å². The lowest BCUT2D eigenvalue weighted by atomic mass is 10.2. The van der Waals surface area contributed by atoms with Gasteiger partial charge in [0.25, 0.3) is 0 Å². The van der Waals surface area contributed by atoms with Crippen LogP contribution in [0.25, 0.3) is 0 Å². The third kappa shape index (κ3) is 7.77. The zero-order valence-corrected chi connectivity index (χ0v) is 18.0. The average molecular weight is 461 g/mol. The van der Waals surface area contributed by atoms with Crippen LogP contribution in [0.3, 0.4) is 0 Å². The lowest BCUT2D eigenvalue weighted by Gasteiger charge is -2.32. The Morgan fingerprint density at radius 3 is 2.96 bits per heavy atom. The van der Waals surface area contributed by atoms with E-state index in [4.69, 9.17) is 4.74 Å². The van der Waals surface area contributed by atoms with E-state index >= 15 is 0 Å². The maximum absolute atomic E-state index is 5.60. The van der Waals surface area contributed by atoms with E-state index in [1.807, 2.05) is 12.3 Å². The van der Waals surface area contributed by atoms with Gasteiger partial charge in [-0.15, -0.1) is 24.0 Å². The average Bonchev–Trinajstić information content (AvgIpc) is 2.60. The van der Waals surface area contributed by atoms with Crippen molar-refractivity contribution in [2.75, 3.05) is 37.7 Å². The predicted molar refractivity (Wildman–Crippen MR) is 115 cm³/mol. The van der Waals surface area contributed by atoms with Crippen LogP contribution in [-0.2, 0) is 11.3 Å². The van der Waals surface area contributed by atoms with E-state index in [0.29, 0.717) is 6.54 Å². The molecule has 142 valence electrons. The summed E-state index contributed by atoms with van der Waals surface area (Å²) >= 11 is 0. The number of hydrogen-bond acceptors (Lipinski definition) is 4. The number of aromatic nitrogens is 1. The fraction of sp³-hybridized carbons (Fsp3) is 0.667. The Hall–Kier alpha value is -1.09. The first-order chi connectivity index (χ1) is 11.7. The maximum atomic E-state index is 5.60. The minimum Gasteiger partial charge on any atom is -0.375 e. The molecule has 2 rings (SSSR count). The number of morpholine rings is 1. The number of pyridine rings is 1. The van der Waals surface area contributed by atoms with E-state index in [1.165, 1.54) is 12.0 Å². The molecule has 0 saturated carbocycles. The van der Waals surface area contributed by atoms with Crippen molar-refractivity contribution in [1.82, 2.24) is 15.6 Å². The van der Waals surface area contributed by atoms with Crippen LogP contribution in [0.1, 0.15) is 39.2 Å². The summed E-state index contributed by atoms with van der Waals surface area (Å²) in [5.41, 5.74) is 1.17. The molecule has 1 saturated heterocycles. The SMILES string of the molecule is CCCCNC(=NCc1ccnc(N2CCOC(C)C2)c1)NCC.I. The molecule has 0 aliphatic carbocycles. The predicted octanol–water partition coefficient (Wildman–Crippen LogP) is 2.78. The molecule has 0 bridgehead atoms. The number of rotatable bonds is 7. The number of unbranched alkanes of at least 4 members (excludes halogenated alkanes) is 1. The number of guanidine groups is 1.